The molecule has 0 spiro atoms. The molecule has 5 rings (SSSR count). The summed E-state index contributed by atoms with van der Waals surface area (Å²) in [5.41, 5.74) is 2.39. The van der Waals surface area contributed by atoms with Crippen molar-refractivity contribution >= 4 is 67.9 Å². The third-order valence-electron chi connectivity index (χ3n) is 6.91. The number of hydrogen-bond donors (Lipinski definition) is 3. The first kappa shape index (κ1) is 33.2. The van der Waals surface area contributed by atoms with Gasteiger partial charge in [0.15, 0.2) is 5.13 Å². The van der Waals surface area contributed by atoms with Crippen LogP contribution in [0.1, 0.15) is 36.2 Å². The Morgan fingerprint density at radius 3 is 2.47 bits per heavy atom. The van der Waals surface area contributed by atoms with E-state index in [1.54, 1.807) is 61.7 Å². The molecule has 1 aromatic heterocycles. The first-order chi connectivity index (χ1) is 22.9. The smallest absolute Gasteiger partial charge is 0.272 e. The van der Waals surface area contributed by atoms with Crippen molar-refractivity contribution in [1.82, 2.24) is 10.3 Å². The standard InChI is InChI=1S/C36H34N4O5S2/c1-4-31(35(43)40-36-39-28-19-18-26(44-3)22-32(28)47-36)46-27-16-11-15-25(21-27)37-34(42)29(38-33(41)23-12-7-6-8-13-23)20-24-14-9-10-17-30(24)45-5-2/h6-22,31H,4-5H2,1-3H3,(H,37,42)(H,38,41)(H,39,40,43)/b29-20+. The summed E-state index contributed by atoms with van der Waals surface area (Å²) in [5.74, 6) is 0.209. The fourth-order valence-electron chi connectivity index (χ4n) is 4.59. The lowest BCUT2D eigenvalue weighted by molar-refractivity contribution is -0.116. The van der Waals surface area contributed by atoms with E-state index in [0.29, 0.717) is 40.7 Å². The van der Waals surface area contributed by atoms with Crippen molar-refractivity contribution in [3.63, 3.8) is 0 Å². The Kier molecular flexibility index (Phi) is 11.3. The molecule has 0 bridgehead atoms. The van der Waals surface area contributed by atoms with Crippen molar-refractivity contribution in [2.24, 2.45) is 0 Å². The summed E-state index contributed by atoms with van der Waals surface area (Å²) in [6, 6.07) is 28.8. The van der Waals surface area contributed by atoms with Crippen molar-refractivity contribution in [2.45, 2.75) is 30.4 Å². The number of ether oxygens (including phenoxy) is 2. The largest absolute Gasteiger partial charge is 0.497 e. The van der Waals surface area contributed by atoms with E-state index in [1.807, 2.05) is 62.4 Å². The fraction of sp³-hybridized carbons (Fsp3) is 0.167. The SMILES string of the molecule is CCOc1ccccc1/C=C(/NC(=O)c1ccccc1)C(=O)Nc1cccc(SC(CC)C(=O)Nc2nc3ccc(OC)cc3s2)c1. The number of thioether (sulfide) groups is 1. The average molecular weight is 667 g/mol. The third-order valence-corrected chi connectivity index (χ3v) is 9.20. The Balaban J connectivity index is 1.32. The minimum Gasteiger partial charge on any atom is -0.497 e. The second-order valence-electron chi connectivity index (χ2n) is 10.2. The van der Waals surface area contributed by atoms with Crippen molar-refractivity contribution in [3.05, 3.63) is 114 Å². The number of hydrogen-bond acceptors (Lipinski definition) is 8. The van der Waals surface area contributed by atoms with Gasteiger partial charge in [0, 0.05) is 21.7 Å². The van der Waals surface area contributed by atoms with Crippen molar-refractivity contribution < 1.29 is 23.9 Å². The molecule has 4 aromatic carbocycles. The highest BCUT2D eigenvalue weighted by Gasteiger charge is 2.21. The molecule has 240 valence electrons. The van der Waals surface area contributed by atoms with Gasteiger partial charge in [-0.1, -0.05) is 60.7 Å². The zero-order valence-electron chi connectivity index (χ0n) is 26.1. The van der Waals surface area contributed by atoms with Gasteiger partial charge >= 0.3 is 0 Å². The number of rotatable bonds is 13. The maximum absolute atomic E-state index is 13.6. The van der Waals surface area contributed by atoms with Crippen LogP contribution in [0.25, 0.3) is 16.3 Å². The molecule has 1 atom stereocenters. The predicted octanol–water partition coefficient (Wildman–Crippen LogP) is 7.62. The molecule has 0 aliphatic heterocycles. The second-order valence-corrected chi connectivity index (χ2v) is 12.5. The Hall–Kier alpha value is -5.13. The zero-order chi connectivity index (χ0) is 33.2. The number of fused-ring (bicyclic) bond motifs is 1. The van der Waals surface area contributed by atoms with E-state index < -0.39 is 17.1 Å². The van der Waals surface area contributed by atoms with Crippen LogP contribution in [0.5, 0.6) is 11.5 Å². The summed E-state index contributed by atoms with van der Waals surface area (Å²) in [7, 11) is 1.61. The number of para-hydroxylation sites is 1. The quantitative estimate of drug-likeness (QED) is 0.0874. The Morgan fingerprint density at radius 2 is 1.70 bits per heavy atom. The molecule has 3 N–H and O–H groups in total. The maximum Gasteiger partial charge on any atom is 0.272 e. The molecule has 0 aliphatic carbocycles. The van der Waals surface area contributed by atoms with Gasteiger partial charge in [0.05, 0.1) is 29.2 Å². The van der Waals surface area contributed by atoms with Crippen LogP contribution in [0.4, 0.5) is 10.8 Å². The minimum absolute atomic E-state index is 0.0447. The third kappa shape index (κ3) is 8.78. The predicted molar refractivity (Wildman–Crippen MR) is 189 cm³/mol. The average Bonchev–Trinajstić information content (AvgIpc) is 3.49. The molecule has 1 heterocycles. The molecule has 0 saturated heterocycles. The van der Waals surface area contributed by atoms with E-state index >= 15 is 0 Å². The van der Waals surface area contributed by atoms with Gasteiger partial charge < -0.3 is 25.4 Å². The van der Waals surface area contributed by atoms with Crippen LogP contribution in [0, 0.1) is 0 Å². The van der Waals surface area contributed by atoms with Crippen molar-refractivity contribution in [2.75, 3.05) is 24.4 Å². The number of anilines is 2. The lowest BCUT2D eigenvalue weighted by Gasteiger charge is -2.15. The van der Waals surface area contributed by atoms with Crippen LogP contribution in [0.2, 0.25) is 0 Å². The number of thiazole rings is 1. The van der Waals surface area contributed by atoms with Gasteiger partial charge in [-0.05, 0) is 74.0 Å². The number of carbonyl (C=O) groups is 3. The van der Waals surface area contributed by atoms with Gasteiger partial charge in [0.25, 0.3) is 11.8 Å². The van der Waals surface area contributed by atoms with Gasteiger partial charge in [0.2, 0.25) is 5.91 Å². The molecular weight excluding hydrogens is 633 g/mol. The zero-order valence-corrected chi connectivity index (χ0v) is 27.7. The van der Waals surface area contributed by atoms with Crippen LogP contribution in [-0.2, 0) is 9.59 Å². The summed E-state index contributed by atoms with van der Waals surface area (Å²) in [5, 5.41) is 8.73. The van der Waals surface area contributed by atoms with Gasteiger partial charge in [-0.15, -0.1) is 11.8 Å². The lowest BCUT2D eigenvalue weighted by atomic mass is 10.1. The minimum atomic E-state index is -0.514. The van der Waals surface area contributed by atoms with Crippen LogP contribution in [-0.4, -0.2) is 41.7 Å². The number of benzene rings is 4. The van der Waals surface area contributed by atoms with E-state index in [-0.39, 0.29) is 11.6 Å². The summed E-state index contributed by atoms with van der Waals surface area (Å²) in [6.07, 6.45) is 2.17. The molecule has 0 radical (unpaired) electrons. The Morgan fingerprint density at radius 1 is 0.915 bits per heavy atom. The molecular formula is C36H34N4O5S2. The number of nitrogens with zero attached hydrogens (tertiary/aromatic N) is 1. The molecule has 0 saturated carbocycles. The van der Waals surface area contributed by atoms with E-state index in [0.717, 1.165) is 20.9 Å². The monoisotopic (exact) mass is 666 g/mol. The fourth-order valence-corrected chi connectivity index (χ4v) is 6.50. The number of nitrogens with one attached hydrogen (secondary N) is 3. The van der Waals surface area contributed by atoms with E-state index in [4.69, 9.17) is 9.47 Å². The molecule has 0 aliphatic rings. The number of aromatic nitrogens is 1. The summed E-state index contributed by atoms with van der Waals surface area (Å²) in [6.45, 7) is 4.26. The van der Waals surface area contributed by atoms with Crippen LogP contribution in [0.15, 0.2) is 108 Å². The lowest BCUT2D eigenvalue weighted by Crippen LogP contribution is -2.30. The molecule has 9 nitrogen and oxygen atoms in total. The van der Waals surface area contributed by atoms with E-state index in [2.05, 4.69) is 20.9 Å². The molecule has 3 amide bonds. The highest BCUT2D eigenvalue weighted by atomic mass is 32.2. The topological polar surface area (TPSA) is 119 Å². The maximum atomic E-state index is 13.6. The van der Waals surface area contributed by atoms with Crippen molar-refractivity contribution in [3.8, 4) is 11.5 Å². The first-order valence-corrected chi connectivity index (χ1v) is 16.7. The van der Waals surface area contributed by atoms with E-state index in [1.165, 1.54) is 23.1 Å². The molecule has 5 aromatic rings. The van der Waals surface area contributed by atoms with Gasteiger partial charge in [-0.2, -0.15) is 0 Å². The Labute approximate surface area is 281 Å². The van der Waals surface area contributed by atoms with E-state index in [9.17, 15) is 14.4 Å². The van der Waals surface area contributed by atoms with Crippen molar-refractivity contribution in [1.29, 1.82) is 0 Å². The Bertz CT molecular complexity index is 1910. The van der Waals surface area contributed by atoms with Crippen LogP contribution < -0.4 is 25.4 Å². The van der Waals surface area contributed by atoms with Crippen LogP contribution >= 0.6 is 23.1 Å². The normalized spacial score (nSPS) is 11.9. The molecule has 0 fully saturated rings. The second kappa shape index (κ2) is 15.9. The number of carbonyl (C=O) groups excluding carboxylic acids is 3. The first-order valence-electron chi connectivity index (χ1n) is 15.0. The number of amides is 3. The summed E-state index contributed by atoms with van der Waals surface area (Å²) in [4.78, 5) is 45.3. The molecule has 1 unspecified atom stereocenters. The molecule has 11 heteroatoms. The molecule has 47 heavy (non-hydrogen) atoms. The highest BCUT2D eigenvalue weighted by Crippen LogP contribution is 2.32. The van der Waals surface area contributed by atoms with Gasteiger partial charge in [-0.3, -0.25) is 14.4 Å². The summed E-state index contributed by atoms with van der Waals surface area (Å²) >= 11 is 2.77. The highest BCUT2D eigenvalue weighted by molar-refractivity contribution is 8.00. The summed E-state index contributed by atoms with van der Waals surface area (Å²) < 4.78 is 11.9. The van der Waals surface area contributed by atoms with Crippen LogP contribution in [0.3, 0.4) is 0 Å². The number of methoxy groups -OCH3 is 1. The van der Waals surface area contributed by atoms with Gasteiger partial charge in [0.1, 0.15) is 17.2 Å². The van der Waals surface area contributed by atoms with Gasteiger partial charge in [-0.25, -0.2) is 4.98 Å².